The van der Waals surface area contributed by atoms with Gasteiger partial charge in [0.1, 0.15) is 17.6 Å². The van der Waals surface area contributed by atoms with Crippen LogP contribution in [0.3, 0.4) is 0 Å². The Balaban J connectivity index is 2.23. The molecule has 0 aliphatic carbocycles. The Labute approximate surface area is 116 Å². The van der Waals surface area contributed by atoms with Crippen LogP contribution in [0.2, 0.25) is 0 Å². The van der Waals surface area contributed by atoms with E-state index >= 15 is 0 Å². The summed E-state index contributed by atoms with van der Waals surface area (Å²) in [4.78, 5) is 0. The minimum atomic E-state index is -3.01. The van der Waals surface area contributed by atoms with Crippen LogP contribution in [0.5, 0.6) is 11.5 Å². The number of rotatable bonds is 4. The van der Waals surface area contributed by atoms with Crippen molar-refractivity contribution in [3.8, 4) is 11.5 Å². The highest BCUT2D eigenvalue weighted by Gasteiger charge is 2.29. The summed E-state index contributed by atoms with van der Waals surface area (Å²) in [5.74, 6) is 0.962. The maximum Gasteiger partial charge on any atom is 0.170 e. The second kappa shape index (κ2) is 5.58. The summed E-state index contributed by atoms with van der Waals surface area (Å²) in [6.07, 6.45) is 0.0746. The molecule has 1 saturated heterocycles. The van der Waals surface area contributed by atoms with E-state index in [4.69, 9.17) is 20.4 Å². The molecule has 1 atom stereocenters. The zero-order valence-corrected chi connectivity index (χ0v) is 11.8. The van der Waals surface area contributed by atoms with Crippen molar-refractivity contribution in [1.82, 2.24) is 0 Å². The highest BCUT2D eigenvalue weighted by molar-refractivity contribution is 7.91. The number of hydrogen-bond acceptors (Lipinski definition) is 6. The smallest absolute Gasteiger partial charge is 0.170 e. The molecule has 0 saturated carbocycles. The number of benzene rings is 1. The first-order valence-corrected chi connectivity index (χ1v) is 7.80. The average Bonchev–Trinajstić information content (AvgIpc) is 2.76. The van der Waals surface area contributed by atoms with E-state index < -0.39 is 9.84 Å². The monoisotopic (exact) mass is 300 g/mol. The topological polar surface area (TPSA) is 111 Å². The first kappa shape index (κ1) is 14.4. The van der Waals surface area contributed by atoms with Gasteiger partial charge in [0, 0.05) is 11.6 Å². The van der Waals surface area contributed by atoms with Gasteiger partial charge in [-0.1, -0.05) is 5.16 Å². The van der Waals surface area contributed by atoms with Gasteiger partial charge in [-0.05, 0) is 18.6 Å². The summed E-state index contributed by atoms with van der Waals surface area (Å²) < 4.78 is 33.5. The third kappa shape index (κ3) is 3.32. The van der Waals surface area contributed by atoms with E-state index in [1.54, 1.807) is 18.2 Å². The second-order valence-corrected chi connectivity index (χ2v) is 6.75. The molecule has 0 radical (unpaired) electrons. The first-order valence-electron chi connectivity index (χ1n) is 5.97. The summed E-state index contributed by atoms with van der Waals surface area (Å²) in [7, 11) is -1.53. The predicted molar refractivity (Wildman–Crippen MR) is 73.2 cm³/mol. The largest absolute Gasteiger partial charge is 0.497 e. The van der Waals surface area contributed by atoms with Gasteiger partial charge in [-0.15, -0.1) is 0 Å². The minimum absolute atomic E-state index is 0.00309. The maximum absolute atomic E-state index is 11.4. The van der Waals surface area contributed by atoms with Crippen molar-refractivity contribution in [3.05, 3.63) is 23.8 Å². The normalized spacial score (nSPS) is 21.6. The van der Waals surface area contributed by atoms with E-state index in [2.05, 4.69) is 5.16 Å². The van der Waals surface area contributed by atoms with Crippen LogP contribution in [0.4, 0.5) is 0 Å². The summed E-state index contributed by atoms with van der Waals surface area (Å²) >= 11 is 0. The zero-order valence-electron chi connectivity index (χ0n) is 10.9. The van der Waals surface area contributed by atoms with Crippen molar-refractivity contribution in [2.45, 2.75) is 12.5 Å². The van der Waals surface area contributed by atoms with Gasteiger partial charge in [-0.3, -0.25) is 0 Å². The van der Waals surface area contributed by atoms with Gasteiger partial charge in [0.05, 0.1) is 18.6 Å². The van der Waals surface area contributed by atoms with Gasteiger partial charge in [0.15, 0.2) is 15.7 Å². The standard InChI is InChI=1S/C12H16N2O5S/c1-18-10-4-8(12(13)14-15)5-11(6-10)19-9-2-3-20(16,17)7-9/h4-6,9,15H,2-3,7H2,1H3,(H2,13,14). The Kier molecular flexibility index (Phi) is 4.03. The molecule has 3 N–H and O–H groups in total. The van der Waals surface area contributed by atoms with E-state index in [0.717, 1.165) is 0 Å². The number of ether oxygens (including phenoxy) is 2. The van der Waals surface area contributed by atoms with Crippen molar-refractivity contribution in [1.29, 1.82) is 0 Å². The van der Waals surface area contributed by atoms with Crippen LogP contribution in [0, 0.1) is 0 Å². The van der Waals surface area contributed by atoms with Gasteiger partial charge in [0.2, 0.25) is 0 Å². The molecule has 2 rings (SSSR count). The van der Waals surface area contributed by atoms with Crippen LogP contribution in [0.25, 0.3) is 0 Å². The molecule has 7 nitrogen and oxygen atoms in total. The summed E-state index contributed by atoms with van der Waals surface area (Å²) in [6, 6.07) is 4.79. The zero-order chi connectivity index (χ0) is 14.8. The Morgan fingerprint density at radius 3 is 2.65 bits per heavy atom. The Morgan fingerprint density at radius 2 is 2.10 bits per heavy atom. The lowest BCUT2D eigenvalue weighted by molar-refractivity contribution is 0.228. The van der Waals surface area contributed by atoms with Gasteiger partial charge < -0.3 is 20.4 Å². The number of hydrogen-bond donors (Lipinski definition) is 2. The van der Waals surface area contributed by atoms with Crippen molar-refractivity contribution < 1.29 is 23.1 Å². The van der Waals surface area contributed by atoms with Gasteiger partial charge >= 0.3 is 0 Å². The number of methoxy groups -OCH3 is 1. The quantitative estimate of drug-likeness (QED) is 0.359. The molecule has 1 fully saturated rings. The lowest BCUT2D eigenvalue weighted by Crippen LogP contribution is -2.18. The molecule has 1 aliphatic heterocycles. The molecule has 8 heteroatoms. The second-order valence-electron chi connectivity index (χ2n) is 4.53. The average molecular weight is 300 g/mol. The summed E-state index contributed by atoms with van der Waals surface area (Å²) in [5, 5.41) is 11.6. The third-order valence-electron chi connectivity index (χ3n) is 3.01. The molecule has 0 spiro atoms. The van der Waals surface area contributed by atoms with Crippen LogP contribution in [-0.4, -0.2) is 44.2 Å². The molecular weight excluding hydrogens is 284 g/mol. The van der Waals surface area contributed by atoms with E-state index in [0.29, 0.717) is 23.5 Å². The molecule has 1 unspecified atom stereocenters. The fourth-order valence-corrected chi connectivity index (χ4v) is 3.60. The number of nitrogens with zero attached hydrogens (tertiary/aromatic N) is 1. The highest BCUT2D eigenvalue weighted by Crippen LogP contribution is 2.26. The van der Waals surface area contributed by atoms with Crippen LogP contribution in [-0.2, 0) is 9.84 Å². The highest BCUT2D eigenvalue weighted by atomic mass is 32.2. The van der Waals surface area contributed by atoms with Crippen molar-refractivity contribution in [2.75, 3.05) is 18.6 Å². The molecule has 20 heavy (non-hydrogen) atoms. The lowest BCUT2D eigenvalue weighted by atomic mass is 10.2. The molecule has 1 aliphatic rings. The molecule has 1 aromatic carbocycles. The number of amidine groups is 1. The number of sulfone groups is 1. The molecule has 110 valence electrons. The summed E-state index contributed by atoms with van der Waals surface area (Å²) in [5.41, 5.74) is 5.96. The van der Waals surface area contributed by atoms with Crippen LogP contribution in [0.15, 0.2) is 23.4 Å². The molecule has 0 bridgehead atoms. The van der Waals surface area contributed by atoms with Gasteiger partial charge in [-0.25, -0.2) is 8.42 Å². The Hall–Kier alpha value is -1.96. The fraction of sp³-hybridized carbons (Fsp3) is 0.417. The number of nitrogens with two attached hydrogens (primary N) is 1. The minimum Gasteiger partial charge on any atom is -0.497 e. The van der Waals surface area contributed by atoms with Crippen LogP contribution >= 0.6 is 0 Å². The Bertz CT molecular complexity index is 627. The molecule has 1 aromatic rings. The molecule has 0 amide bonds. The van der Waals surface area contributed by atoms with Crippen molar-refractivity contribution in [3.63, 3.8) is 0 Å². The van der Waals surface area contributed by atoms with E-state index in [1.807, 2.05) is 0 Å². The van der Waals surface area contributed by atoms with Gasteiger partial charge in [-0.2, -0.15) is 0 Å². The molecular formula is C12H16N2O5S. The summed E-state index contributed by atoms with van der Waals surface area (Å²) in [6.45, 7) is 0. The van der Waals surface area contributed by atoms with Crippen LogP contribution < -0.4 is 15.2 Å². The van der Waals surface area contributed by atoms with E-state index in [-0.39, 0.29) is 23.4 Å². The predicted octanol–water partition coefficient (Wildman–Crippen LogP) is 0.356. The first-order chi connectivity index (χ1) is 9.43. The Morgan fingerprint density at radius 1 is 1.40 bits per heavy atom. The van der Waals surface area contributed by atoms with Crippen molar-refractivity contribution >= 4 is 15.7 Å². The lowest BCUT2D eigenvalue weighted by Gasteiger charge is -2.14. The van der Waals surface area contributed by atoms with Crippen LogP contribution in [0.1, 0.15) is 12.0 Å². The van der Waals surface area contributed by atoms with Crippen molar-refractivity contribution in [2.24, 2.45) is 10.9 Å². The molecule has 0 aromatic heterocycles. The maximum atomic E-state index is 11.4. The third-order valence-corrected chi connectivity index (χ3v) is 4.75. The fourth-order valence-electron chi connectivity index (χ4n) is 2.01. The van der Waals surface area contributed by atoms with E-state index in [9.17, 15) is 8.42 Å². The van der Waals surface area contributed by atoms with E-state index in [1.165, 1.54) is 7.11 Å². The SMILES string of the molecule is COc1cc(OC2CCS(=O)(=O)C2)cc(/C(N)=N/O)c1. The van der Waals surface area contributed by atoms with Gasteiger partial charge in [0.25, 0.3) is 0 Å². The molecule has 1 heterocycles. The number of oxime groups is 1.